The minimum atomic E-state index is -0.419. The number of nitrogens with zero attached hydrogens (tertiary/aromatic N) is 1. The highest BCUT2D eigenvalue weighted by Crippen LogP contribution is 2.42. The molecule has 0 unspecified atom stereocenters. The van der Waals surface area contributed by atoms with Crippen molar-refractivity contribution < 1.29 is 14.3 Å². The summed E-state index contributed by atoms with van der Waals surface area (Å²) in [5.41, 5.74) is 1.29. The topological polar surface area (TPSA) is 46.6 Å². The number of ether oxygens (including phenoxy) is 1. The van der Waals surface area contributed by atoms with Gasteiger partial charge in [-0.2, -0.15) is 0 Å². The van der Waals surface area contributed by atoms with E-state index in [2.05, 4.69) is 0 Å². The Morgan fingerprint density at radius 1 is 1.00 bits per heavy atom. The molecule has 0 bridgehead atoms. The average Bonchev–Trinajstić information content (AvgIpc) is 2.87. The molecule has 1 aliphatic rings. The third-order valence-corrected chi connectivity index (χ3v) is 5.56. The smallest absolute Gasteiger partial charge is 0.272 e. The summed E-state index contributed by atoms with van der Waals surface area (Å²) in [6.45, 7) is 3.94. The van der Waals surface area contributed by atoms with Crippen LogP contribution < -0.4 is 9.64 Å². The van der Waals surface area contributed by atoms with Crippen molar-refractivity contribution in [1.29, 1.82) is 0 Å². The maximum absolute atomic E-state index is 13.2. The van der Waals surface area contributed by atoms with Gasteiger partial charge >= 0.3 is 0 Å². The fourth-order valence-electron chi connectivity index (χ4n) is 2.74. The summed E-state index contributed by atoms with van der Waals surface area (Å²) >= 11 is 13.7. The zero-order valence-corrected chi connectivity index (χ0v) is 17.3. The van der Waals surface area contributed by atoms with Crippen molar-refractivity contribution in [2.24, 2.45) is 0 Å². The van der Waals surface area contributed by atoms with Crippen LogP contribution in [0, 0.1) is 0 Å². The van der Waals surface area contributed by atoms with Crippen molar-refractivity contribution in [3.63, 3.8) is 0 Å². The van der Waals surface area contributed by atoms with Gasteiger partial charge in [-0.3, -0.25) is 9.59 Å². The van der Waals surface area contributed by atoms with Gasteiger partial charge in [-0.15, -0.1) is 11.8 Å². The molecule has 140 valence electrons. The first-order chi connectivity index (χ1) is 12.8. The molecule has 0 saturated heterocycles. The van der Waals surface area contributed by atoms with Gasteiger partial charge in [0.1, 0.15) is 5.75 Å². The summed E-state index contributed by atoms with van der Waals surface area (Å²) in [7, 11) is 1.57. The molecule has 4 nitrogen and oxygen atoms in total. The van der Waals surface area contributed by atoms with E-state index in [0.29, 0.717) is 26.8 Å². The van der Waals surface area contributed by atoms with Crippen LogP contribution >= 0.6 is 35.0 Å². The number of hydrogen-bond acceptors (Lipinski definition) is 4. The van der Waals surface area contributed by atoms with E-state index < -0.39 is 11.8 Å². The van der Waals surface area contributed by atoms with Crippen LogP contribution in [0.4, 0.5) is 5.69 Å². The summed E-state index contributed by atoms with van der Waals surface area (Å²) in [5.74, 6) is -0.143. The van der Waals surface area contributed by atoms with Crippen molar-refractivity contribution in [3.8, 4) is 5.75 Å². The van der Waals surface area contributed by atoms with Crippen LogP contribution in [0.3, 0.4) is 0 Å². The van der Waals surface area contributed by atoms with Crippen molar-refractivity contribution >= 4 is 58.0 Å². The maximum atomic E-state index is 13.2. The van der Waals surface area contributed by atoms with E-state index in [1.807, 2.05) is 13.8 Å². The lowest BCUT2D eigenvalue weighted by molar-refractivity contribution is -0.119. The van der Waals surface area contributed by atoms with E-state index in [-0.39, 0.29) is 16.0 Å². The maximum Gasteiger partial charge on any atom is 0.272 e. The monoisotopic (exact) mass is 421 g/mol. The van der Waals surface area contributed by atoms with Gasteiger partial charge < -0.3 is 4.74 Å². The fourth-order valence-corrected chi connectivity index (χ4v) is 4.10. The summed E-state index contributed by atoms with van der Waals surface area (Å²) in [5, 5.41) is 0.803. The molecule has 1 aliphatic heterocycles. The van der Waals surface area contributed by atoms with E-state index >= 15 is 0 Å². The first-order valence-electron chi connectivity index (χ1n) is 8.22. The van der Waals surface area contributed by atoms with Crippen LogP contribution in [0.1, 0.15) is 19.4 Å². The molecule has 2 aromatic rings. The highest BCUT2D eigenvalue weighted by atomic mass is 35.5. The number of rotatable bonds is 5. The molecular weight excluding hydrogens is 405 g/mol. The normalized spacial score (nSPS) is 14.5. The minimum absolute atomic E-state index is 0.125. The predicted octanol–water partition coefficient (Wildman–Crippen LogP) is 5.43. The first kappa shape index (κ1) is 19.8. The lowest BCUT2D eigenvalue weighted by atomic mass is 10.1. The Kier molecular flexibility index (Phi) is 5.84. The number of thioether (sulfide) groups is 1. The average molecular weight is 422 g/mol. The van der Waals surface area contributed by atoms with Crippen molar-refractivity contribution in [3.05, 3.63) is 63.0 Å². The summed E-state index contributed by atoms with van der Waals surface area (Å²) < 4.78 is 5.17. The molecule has 27 heavy (non-hydrogen) atoms. The summed E-state index contributed by atoms with van der Waals surface area (Å²) in [4.78, 5) is 27.8. The number of hydrogen-bond donors (Lipinski definition) is 0. The molecule has 3 rings (SSSR count). The first-order valence-corrected chi connectivity index (χ1v) is 9.86. The number of benzene rings is 2. The van der Waals surface area contributed by atoms with Gasteiger partial charge in [0.25, 0.3) is 11.8 Å². The van der Waals surface area contributed by atoms with Crippen molar-refractivity contribution in [1.82, 2.24) is 0 Å². The molecule has 2 amide bonds. The molecule has 0 saturated carbocycles. The molecule has 0 spiro atoms. The van der Waals surface area contributed by atoms with E-state index in [1.54, 1.807) is 43.5 Å². The zero-order valence-electron chi connectivity index (χ0n) is 15.0. The second kappa shape index (κ2) is 7.97. The number of carbonyl (C=O) groups excluding carboxylic acids is 2. The van der Waals surface area contributed by atoms with Gasteiger partial charge in [0.15, 0.2) is 0 Å². The van der Waals surface area contributed by atoms with Crippen molar-refractivity contribution in [2.75, 3.05) is 12.0 Å². The van der Waals surface area contributed by atoms with Crippen LogP contribution in [0.25, 0.3) is 5.57 Å². The SMILES string of the molecule is COc1ccc(C2=C(SC(C)C)C(=O)N(c3cc(Cl)ccc3Cl)C2=O)cc1. The third kappa shape index (κ3) is 3.86. The Balaban J connectivity index is 2.12. The van der Waals surface area contributed by atoms with E-state index in [0.717, 1.165) is 4.90 Å². The Morgan fingerprint density at radius 2 is 1.67 bits per heavy atom. The predicted molar refractivity (Wildman–Crippen MR) is 112 cm³/mol. The zero-order chi connectivity index (χ0) is 19.7. The van der Waals surface area contributed by atoms with Crippen LogP contribution in [-0.2, 0) is 9.59 Å². The van der Waals surface area contributed by atoms with E-state index in [1.165, 1.54) is 17.8 Å². The summed E-state index contributed by atoms with van der Waals surface area (Å²) in [6, 6.07) is 11.8. The largest absolute Gasteiger partial charge is 0.497 e. The molecule has 0 radical (unpaired) electrons. The van der Waals surface area contributed by atoms with E-state index in [9.17, 15) is 9.59 Å². The molecular formula is C20H17Cl2NO3S. The molecule has 0 N–H and O–H groups in total. The summed E-state index contributed by atoms with van der Waals surface area (Å²) in [6.07, 6.45) is 0. The Bertz CT molecular complexity index is 939. The highest BCUT2D eigenvalue weighted by molar-refractivity contribution is 8.04. The van der Waals surface area contributed by atoms with Gasteiger partial charge in [0.05, 0.1) is 28.3 Å². The molecule has 0 atom stereocenters. The van der Waals surface area contributed by atoms with Crippen LogP contribution in [0.2, 0.25) is 10.0 Å². The number of imide groups is 1. The second-order valence-corrected chi connectivity index (χ2v) is 8.57. The van der Waals surface area contributed by atoms with E-state index in [4.69, 9.17) is 27.9 Å². The van der Waals surface area contributed by atoms with Gasteiger partial charge in [-0.1, -0.05) is 49.2 Å². The Labute approximate surface area is 172 Å². The van der Waals surface area contributed by atoms with Gasteiger partial charge in [-0.05, 0) is 35.9 Å². The molecule has 0 aliphatic carbocycles. The molecule has 1 heterocycles. The van der Waals surface area contributed by atoms with Gasteiger partial charge in [0.2, 0.25) is 0 Å². The fraction of sp³-hybridized carbons (Fsp3) is 0.200. The van der Waals surface area contributed by atoms with Gasteiger partial charge in [0, 0.05) is 10.3 Å². The number of methoxy groups -OCH3 is 1. The second-order valence-electron chi connectivity index (χ2n) is 6.14. The number of amides is 2. The quantitative estimate of drug-likeness (QED) is 0.603. The van der Waals surface area contributed by atoms with Gasteiger partial charge in [-0.25, -0.2) is 4.90 Å². The van der Waals surface area contributed by atoms with Crippen LogP contribution in [-0.4, -0.2) is 24.2 Å². The van der Waals surface area contributed by atoms with Crippen molar-refractivity contribution in [2.45, 2.75) is 19.1 Å². The Hall–Kier alpha value is -1.95. The number of carbonyl (C=O) groups is 2. The highest BCUT2D eigenvalue weighted by Gasteiger charge is 2.41. The lowest BCUT2D eigenvalue weighted by Gasteiger charge is -2.17. The minimum Gasteiger partial charge on any atom is -0.497 e. The van der Waals surface area contributed by atoms with Crippen LogP contribution in [0.15, 0.2) is 47.4 Å². The lowest BCUT2D eigenvalue weighted by Crippen LogP contribution is -2.31. The molecule has 0 aromatic heterocycles. The molecule has 7 heteroatoms. The number of anilines is 1. The molecule has 0 fully saturated rings. The van der Waals surface area contributed by atoms with Crippen LogP contribution in [0.5, 0.6) is 5.75 Å². The third-order valence-electron chi connectivity index (χ3n) is 3.92. The Morgan fingerprint density at radius 3 is 2.26 bits per heavy atom. The standard InChI is InChI=1S/C20H17Cl2NO3S/c1-11(2)27-18-17(12-4-7-14(26-3)8-5-12)19(24)23(20(18)25)16-10-13(21)6-9-15(16)22/h4-11H,1-3H3. The number of halogens is 2. The molecule has 2 aromatic carbocycles.